The molecule has 6 heterocycles. The molecule has 3 aromatic heterocycles. The molecule has 0 unspecified atom stereocenters. The number of hydrogen-bond donors (Lipinski definition) is 5. The van der Waals surface area contributed by atoms with Crippen molar-refractivity contribution in [2.75, 3.05) is 75.2 Å². The standard InChI is InChI=1S/C55H63F3N10O8S2/c1-33-50(77-32-62-33)36-8-6-34(7-9-36)26-61-53(72)45-25-40(69)30-68(45)54(73)51(55(2,3)4)63-46(70)31-76-23-5-17-65-19-21-66(22-20-65)39-12-10-35(11-13-39)37-24-41-42(28-60-52(41)59-27-37)49(71)47-43(57)14-15-44(48(47)58)64-78(74,75)67-18-16-38(56)29-67/h6-15,24,27-28,32,38,40,45,51,64,69H,5,16-23,25-26,29-31H2,1-4H3,(H,59,60)(H,61,72)(H,63,70)/t38-,40-,45+,51-/m1/s1. The number of carbonyl (C=O) groups excluding carboxylic acids is 4. The Hall–Kier alpha value is -6.76. The number of halogens is 3. The van der Waals surface area contributed by atoms with Crippen molar-refractivity contribution in [2.45, 2.75) is 77.9 Å². The number of fused-ring (bicyclic) bond motifs is 1. The van der Waals surface area contributed by atoms with Crippen LogP contribution in [0.15, 0.2) is 84.6 Å². The lowest BCUT2D eigenvalue weighted by Crippen LogP contribution is -2.58. The number of alkyl halides is 1. The number of aromatic amines is 1. The second kappa shape index (κ2) is 23.7. The average molecular weight is 1110 g/mol. The number of aryl methyl sites for hydroxylation is 1. The van der Waals surface area contributed by atoms with Gasteiger partial charge in [-0.2, -0.15) is 12.7 Å². The first-order chi connectivity index (χ1) is 37.2. The molecule has 0 bridgehead atoms. The van der Waals surface area contributed by atoms with E-state index in [1.165, 1.54) is 11.1 Å². The minimum atomic E-state index is -4.38. The lowest BCUT2D eigenvalue weighted by atomic mass is 9.85. The number of amides is 3. The fourth-order valence-corrected chi connectivity index (χ4v) is 12.1. The number of piperazine rings is 1. The van der Waals surface area contributed by atoms with E-state index in [-0.39, 0.29) is 50.6 Å². The molecule has 3 amide bonds. The number of aromatic nitrogens is 3. The van der Waals surface area contributed by atoms with Gasteiger partial charge in [-0.25, -0.2) is 23.1 Å². The molecule has 4 atom stereocenters. The summed E-state index contributed by atoms with van der Waals surface area (Å²) in [5.74, 6) is -4.91. The van der Waals surface area contributed by atoms with Crippen molar-refractivity contribution in [1.82, 2.24) is 39.7 Å². The summed E-state index contributed by atoms with van der Waals surface area (Å²) in [6.45, 7) is 11.1. The van der Waals surface area contributed by atoms with E-state index in [9.17, 15) is 37.1 Å². The number of aliphatic hydroxyl groups is 1. The van der Waals surface area contributed by atoms with Gasteiger partial charge in [0.2, 0.25) is 23.5 Å². The Kier molecular flexibility index (Phi) is 17.0. The molecule has 414 valence electrons. The van der Waals surface area contributed by atoms with Gasteiger partial charge in [-0.1, -0.05) is 57.2 Å². The summed E-state index contributed by atoms with van der Waals surface area (Å²) in [5, 5.41) is 16.7. The van der Waals surface area contributed by atoms with Crippen LogP contribution < -0.4 is 20.3 Å². The second-order valence-corrected chi connectivity index (χ2v) is 23.5. The van der Waals surface area contributed by atoms with Crippen LogP contribution in [0.2, 0.25) is 0 Å². The molecular weight excluding hydrogens is 1050 g/mol. The maximum absolute atomic E-state index is 15.8. The number of β-amino-alcohol motifs (C(OH)–C–C–N with tert-alkyl or cyclic N) is 1. The predicted octanol–water partition coefficient (Wildman–Crippen LogP) is 6.21. The molecule has 3 saturated heterocycles. The number of rotatable bonds is 19. The van der Waals surface area contributed by atoms with Crippen LogP contribution in [-0.4, -0.2) is 156 Å². The number of thiazole rings is 1. The van der Waals surface area contributed by atoms with Gasteiger partial charge in [-0.15, -0.1) is 11.3 Å². The fourth-order valence-electron chi connectivity index (χ4n) is 10.1. The molecule has 78 heavy (non-hydrogen) atoms. The van der Waals surface area contributed by atoms with Crippen LogP contribution in [0.25, 0.3) is 32.6 Å². The molecule has 0 radical (unpaired) electrons. The van der Waals surface area contributed by atoms with E-state index >= 15 is 8.78 Å². The summed E-state index contributed by atoms with van der Waals surface area (Å²) in [5.41, 5.74) is 5.01. The van der Waals surface area contributed by atoms with Crippen LogP contribution in [0, 0.1) is 24.0 Å². The maximum atomic E-state index is 15.8. The number of ether oxygens (including phenoxy) is 1. The Labute approximate surface area is 454 Å². The highest BCUT2D eigenvalue weighted by atomic mass is 32.2. The van der Waals surface area contributed by atoms with E-state index in [2.05, 4.69) is 35.4 Å². The van der Waals surface area contributed by atoms with Crippen LogP contribution in [0.3, 0.4) is 0 Å². The summed E-state index contributed by atoms with van der Waals surface area (Å²) >= 11 is 1.56. The van der Waals surface area contributed by atoms with Gasteiger partial charge in [0.05, 0.1) is 33.4 Å². The van der Waals surface area contributed by atoms with Crippen LogP contribution in [0.1, 0.15) is 67.2 Å². The Morgan fingerprint density at radius 3 is 2.35 bits per heavy atom. The minimum Gasteiger partial charge on any atom is -0.391 e. The maximum Gasteiger partial charge on any atom is 0.301 e. The van der Waals surface area contributed by atoms with E-state index in [0.29, 0.717) is 29.6 Å². The van der Waals surface area contributed by atoms with Gasteiger partial charge in [-0.05, 0) is 72.2 Å². The monoisotopic (exact) mass is 1110 g/mol. The number of ketones is 1. The zero-order chi connectivity index (χ0) is 55.5. The topological polar surface area (TPSA) is 222 Å². The second-order valence-electron chi connectivity index (χ2n) is 21.0. The largest absolute Gasteiger partial charge is 0.391 e. The molecule has 9 rings (SSSR count). The average Bonchev–Trinajstić information content (AvgIpc) is 4.25. The highest BCUT2D eigenvalue weighted by molar-refractivity contribution is 7.90. The number of nitrogens with zero attached hydrogens (tertiary/aromatic N) is 6. The number of nitrogens with one attached hydrogen (secondary N) is 4. The Bertz CT molecular complexity index is 3270. The van der Waals surface area contributed by atoms with Gasteiger partial charge in [0.15, 0.2) is 5.82 Å². The van der Waals surface area contributed by atoms with E-state index in [4.69, 9.17) is 4.74 Å². The van der Waals surface area contributed by atoms with E-state index in [1.54, 1.807) is 29.1 Å². The van der Waals surface area contributed by atoms with Crippen molar-refractivity contribution < 1.29 is 50.6 Å². The third kappa shape index (κ3) is 12.7. The van der Waals surface area contributed by atoms with E-state index < -0.39 is 87.0 Å². The third-order valence-corrected chi connectivity index (χ3v) is 16.9. The molecule has 0 aliphatic carbocycles. The number of H-pyrrole nitrogens is 1. The summed E-state index contributed by atoms with van der Waals surface area (Å²) < 4.78 is 79.0. The van der Waals surface area contributed by atoms with Gasteiger partial charge < -0.3 is 35.3 Å². The Morgan fingerprint density at radius 2 is 1.67 bits per heavy atom. The number of carbonyl (C=O) groups is 4. The number of pyridine rings is 1. The fraction of sp³-hybridized carbons (Fsp3) is 0.418. The summed E-state index contributed by atoms with van der Waals surface area (Å²) in [6, 6.07) is 17.1. The molecule has 3 aliphatic rings. The van der Waals surface area contributed by atoms with Gasteiger partial charge in [0.25, 0.3) is 0 Å². The third-order valence-electron chi connectivity index (χ3n) is 14.4. The Morgan fingerprint density at radius 1 is 0.936 bits per heavy atom. The molecule has 3 aromatic carbocycles. The molecule has 23 heteroatoms. The van der Waals surface area contributed by atoms with Gasteiger partial charge in [-0.3, -0.25) is 28.8 Å². The van der Waals surface area contributed by atoms with Crippen molar-refractivity contribution in [3.05, 3.63) is 119 Å². The smallest absolute Gasteiger partial charge is 0.301 e. The minimum absolute atomic E-state index is 0.00967. The Balaban J connectivity index is 0.719. The first-order valence-electron chi connectivity index (χ1n) is 25.9. The van der Waals surface area contributed by atoms with Gasteiger partial charge in [0.1, 0.15) is 36.3 Å². The van der Waals surface area contributed by atoms with Crippen molar-refractivity contribution in [3.63, 3.8) is 0 Å². The molecule has 6 aromatic rings. The van der Waals surface area contributed by atoms with Crippen LogP contribution >= 0.6 is 11.3 Å². The van der Waals surface area contributed by atoms with Crippen molar-refractivity contribution in [2.24, 2.45) is 5.41 Å². The molecule has 0 spiro atoms. The number of aliphatic hydroxyl groups excluding tert-OH is 1. The summed E-state index contributed by atoms with van der Waals surface area (Å²) in [6.07, 6.45) is 1.41. The summed E-state index contributed by atoms with van der Waals surface area (Å²) in [4.78, 5) is 73.2. The molecule has 3 fully saturated rings. The molecule has 18 nitrogen and oxygen atoms in total. The number of benzene rings is 3. The van der Waals surface area contributed by atoms with Gasteiger partial charge in [0, 0.05) is 107 Å². The quantitative estimate of drug-likeness (QED) is 0.0452. The SMILES string of the molecule is Cc1ncsc1-c1ccc(CNC(=O)[C@@H]2C[C@@H](O)CN2C(=O)[C@@H](NC(=O)COCCCN2CCN(c3ccc(-c4cnc5[nH]cc(C(=O)c6c(F)ccc(NS(=O)(=O)N7CC[C@@H](F)C7)c6F)c5c4)cc3)CC2)C(C)(C)C)cc1. The molecule has 5 N–H and O–H groups in total. The van der Waals surface area contributed by atoms with E-state index in [0.717, 1.165) is 82.1 Å². The van der Waals surface area contributed by atoms with Crippen LogP contribution in [0.5, 0.6) is 0 Å². The van der Waals surface area contributed by atoms with E-state index in [1.807, 2.05) is 80.9 Å². The highest BCUT2D eigenvalue weighted by Gasteiger charge is 2.44. The predicted molar refractivity (Wildman–Crippen MR) is 291 cm³/mol. The lowest BCUT2D eigenvalue weighted by molar-refractivity contribution is -0.144. The van der Waals surface area contributed by atoms with Crippen molar-refractivity contribution in [3.8, 4) is 21.6 Å². The number of likely N-dealkylation sites (tertiary alicyclic amines) is 1. The zero-order valence-corrected chi connectivity index (χ0v) is 45.4. The molecule has 3 aliphatic heterocycles. The van der Waals surface area contributed by atoms with Crippen molar-refractivity contribution in [1.29, 1.82) is 0 Å². The number of anilines is 2. The van der Waals surface area contributed by atoms with Crippen molar-refractivity contribution >= 4 is 67.5 Å². The van der Waals surface area contributed by atoms with Gasteiger partial charge >= 0.3 is 10.2 Å². The van der Waals surface area contributed by atoms with Crippen LogP contribution in [0.4, 0.5) is 24.5 Å². The lowest BCUT2D eigenvalue weighted by Gasteiger charge is -2.36. The molecular formula is C55H63F3N10O8S2. The first kappa shape index (κ1) is 56.0. The molecule has 0 saturated carbocycles. The highest BCUT2D eigenvalue weighted by Crippen LogP contribution is 2.33. The first-order valence-corrected chi connectivity index (χ1v) is 28.2. The number of hydrogen-bond acceptors (Lipinski definition) is 13. The zero-order valence-electron chi connectivity index (χ0n) is 43.7. The van der Waals surface area contributed by atoms with Crippen LogP contribution in [-0.2, 0) is 35.9 Å². The summed E-state index contributed by atoms with van der Waals surface area (Å²) in [7, 11) is -4.38. The normalized spacial score (nSPS) is 18.8.